The van der Waals surface area contributed by atoms with E-state index in [1.54, 1.807) is 7.11 Å². The molecule has 0 bridgehead atoms. The van der Waals surface area contributed by atoms with Crippen LogP contribution in [0.5, 0.6) is 5.75 Å². The van der Waals surface area contributed by atoms with Crippen LogP contribution < -0.4 is 10.1 Å². The molecule has 106 valence electrons. The number of benzene rings is 1. The van der Waals surface area contributed by atoms with Crippen molar-refractivity contribution in [3.05, 3.63) is 41.5 Å². The van der Waals surface area contributed by atoms with Crippen molar-refractivity contribution in [2.24, 2.45) is 0 Å². The Morgan fingerprint density at radius 1 is 1.30 bits per heavy atom. The van der Waals surface area contributed by atoms with Crippen molar-refractivity contribution in [2.45, 2.75) is 32.7 Å². The van der Waals surface area contributed by atoms with Gasteiger partial charge in [-0.15, -0.1) is 0 Å². The number of hydrogen-bond donors (Lipinski definition) is 1. The number of imidazole rings is 1. The van der Waals surface area contributed by atoms with Gasteiger partial charge in [0.25, 0.3) is 0 Å². The lowest BCUT2D eigenvalue weighted by atomic mass is 10.1. The molecule has 1 N–H and O–H groups in total. The Balaban J connectivity index is 2.07. The van der Waals surface area contributed by atoms with Gasteiger partial charge in [-0.05, 0) is 30.7 Å². The van der Waals surface area contributed by atoms with Crippen molar-refractivity contribution in [2.75, 3.05) is 13.7 Å². The Morgan fingerprint density at radius 2 is 2.10 bits per heavy atom. The molecule has 1 aliphatic heterocycles. The summed E-state index contributed by atoms with van der Waals surface area (Å²) in [5.74, 6) is 2.06. The Bertz CT molecular complexity index is 587. The van der Waals surface area contributed by atoms with Gasteiger partial charge in [0.15, 0.2) is 0 Å². The highest BCUT2D eigenvalue weighted by molar-refractivity contribution is 5.42. The van der Waals surface area contributed by atoms with Crippen molar-refractivity contribution in [3.63, 3.8) is 0 Å². The molecule has 2 heterocycles. The first-order valence-corrected chi connectivity index (χ1v) is 7.28. The maximum absolute atomic E-state index is 5.24. The third-order valence-electron chi connectivity index (χ3n) is 3.76. The summed E-state index contributed by atoms with van der Waals surface area (Å²) in [4.78, 5) is 4.83. The summed E-state index contributed by atoms with van der Waals surface area (Å²) >= 11 is 0. The van der Waals surface area contributed by atoms with Gasteiger partial charge < -0.3 is 14.6 Å². The zero-order valence-corrected chi connectivity index (χ0v) is 12.1. The average molecular weight is 271 g/mol. The quantitative estimate of drug-likeness (QED) is 0.928. The van der Waals surface area contributed by atoms with Gasteiger partial charge in [-0.1, -0.05) is 6.92 Å². The van der Waals surface area contributed by atoms with Crippen LogP contribution in [0.1, 0.15) is 30.6 Å². The second-order valence-corrected chi connectivity index (χ2v) is 5.13. The van der Waals surface area contributed by atoms with Gasteiger partial charge in [-0.2, -0.15) is 0 Å². The standard InChI is InChI=1S/C16H21N3O/c1-3-4-16-18-14-11-17-10-9-15(14)19(16)12-5-7-13(20-2)8-6-12/h5-8,17H,3-4,9-11H2,1-2H3. The third kappa shape index (κ3) is 2.31. The van der Waals surface area contributed by atoms with E-state index in [2.05, 4.69) is 28.9 Å². The summed E-state index contributed by atoms with van der Waals surface area (Å²) in [6, 6.07) is 8.25. The predicted octanol–water partition coefficient (Wildman–Crippen LogP) is 2.48. The average Bonchev–Trinajstić information content (AvgIpc) is 2.86. The molecule has 4 nitrogen and oxygen atoms in total. The molecule has 20 heavy (non-hydrogen) atoms. The molecule has 1 aromatic carbocycles. The first-order chi connectivity index (χ1) is 9.83. The lowest BCUT2D eigenvalue weighted by Crippen LogP contribution is -2.24. The van der Waals surface area contributed by atoms with Gasteiger partial charge in [-0.3, -0.25) is 0 Å². The minimum absolute atomic E-state index is 0.884. The van der Waals surface area contributed by atoms with E-state index >= 15 is 0 Å². The number of nitrogens with one attached hydrogen (secondary N) is 1. The van der Waals surface area contributed by atoms with Crippen molar-refractivity contribution in [1.82, 2.24) is 14.9 Å². The van der Waals surface area contributed by atoms with Gasteiger partial charge in [0.2, 0.25) is 0 Å². The summed E-state index contributed by atoms with van der Waals surface area (Å²) in [7, 11) is 1.70. The number of nitrogens with zero attached hydrogens (tertiary/aromatic N) is 2. The lowest BCUT2D eigenvalue weighted by molar-refractivity contribution is 0.414. The molecular formula is C16H21N3O. The molecular weight excluding hydrogens is 250 g/mol. The molecule has 0 fully saturated rings. The maximum atomic E-state index is 5.24. The molecule has 0 atom stereocenters. The maximum Gasteiger partial charge on any atom is 0.119 e. The van der Waals surface area contributed by atoms with Crippen LogP contribution in [0.4, 0.5) is 0 Å². The second kappa shape index (κ2) is 5.67. The highest BCUT2D eigenvalue weighted by Gasteiger charge is 2.20. The number of methoxy groups -OCH3 is 1. The van der Waals surface area contributed by atoms with Crippen molar-refractivity contribution in [1.29, 1.82) is 0 Å². The number of aryl methyl sites for hydroxylation is 1. The highest BCUT2D eigenvalue weighted by Crippen LogP contribution is 2.24. The summed E-state index contributed by atoms with van der Waals surface area (Å²) in [6.07, 6.45) is 3.16. The van der Waals surface area contributed by atoms with Crippen molar-refractivity contribution in [3.8, 4) is 11.4 Å². The molecule has 1 aromatic heterocycles. The minimum atomic E-state index is 0.884. The van der Waals surface area contributed by atoms with E-state index in [1.165, 1.54) is 22.9 Å². The van der Waals surface area contributed by atoms with E-state index in [4.69, 9.17) is 9.72 Å². The van der Waals surface area contributed by atoms with Crippen LogP contribution in [0.25, 0.3) is 5.69 Å². The van der Waals surface area contributed by atoms with Crippen molar-refractivity contribution < 1.29 is 4.74 Å². The number of fused-ring (bicyclic) bond motifs is 1. The minimum Gasteiger partial charge on any atom is -0.497 e. The predicted molar refractivity (Wildman–Crippen MR) is 79.5 cm³/mol. The normalized spacial score (nSPS) is 14.1. The van der Waals surface area contributed by atoms with Gasteiger partial charge in [-0.25, -0.2) is 4.98 Å². The monoisotopic (exact) mass is 271 g/mol. The van der Waals surface area contributed by atoms with Gasteiger partial charge in [0.1, 0.15) is 11.6 Å². The Labute approximate surface area is 119 Å². The smallest absolute Gasteiger partial charge is 0.119 e. The summed E-state index contributed by atoms with van der Waals surface area (Å²) in [6.45, 7) is 4.11. The molecule has 0 amide bonds. The van der Waals surface area contributed by atoms with Gasteiger partial charge in [0, 0.05) is 37.3 Å². The molecule has 3 rings (SSSR count). The fraction of sp³-hybridized carbons (Fsp3) is 0.438. The lowest BCUT2D eigenvalue weighted by Gasteiger charge is -2.16. The van der Waals surface area contributed by atoms with E-state index in [9.17, 15) is 0 Å². The molecule has 0 aliphatic carbocycles. The molecule has 2 aromatic rings. The highest BCUT2D eigenvalue weighted by atomic mass is 16.5. The molecule has 1 aliphatic rings. The third-order valence-corrected chi connectivity index (χ3v) is 3.76. The summed E-state index contributed by atoms with van der Waals surface area (Å²) in [5.41, 5.74) is 3.75. The molecule has 0 saturated carbocycles. The molecule has 0 unspecified atom stereocenters. The van der Waals surface area contributed by atoms with Crippen LogP contribution in [-0.2, 0) is 19.4 Å². The zero-order valence-electron chi connectivity index (χ0n) is 12.1. The van der Waals surface area contributed by atoms with E-state index in [1.807, 2.05) is 12.1 Å². The number of ether oxygens (including phenoxy) is 1. The first-order valence-electron chi connectivity index (χ1n) is 7.28. The SMILES string of the molecule is CCCc1nc2c(n1-c1ccc(OC)cc1)CCNC2. The Morgan fingerprint density at radius 3 is 2.80 bits per heavy atom. The molecule has 0 spiro atoms. The second-order valence-electron chi connectivity index (χ2n) is 5.13. The summed E-state index contributed by atoms with van der Waals surface area (Å²) in [5, 5.41) is 3.40. The topological polar surface area (TPSA) is 39.1 Å². The zero-order chi connectivity index (χ0) is 13.9. The van der Waals surface area contributed by atoms with Crippen LogP contribution in [0, 0.1) is 0 Å². The van der Waals surface area contributed by atoms with Crippen LogP contribution >= 0.6 is 0 Å². The van der Waals surface area contributed by atoms with Crippen LogP contribution in [-0.4, -0.2) is 23.2 Å². The van der Waals surface area contributed by atoms with E-state index in [0.29, 0.717) is 0 Å². The first kappa shape index (κ1) is 13.2. The van der Waals surface area contributed by atoms with E-state index in [0.717, 1.165) is 38.1 Å². The fourth-order valence-corrected chi connectivity index (χ4v) is 2.79. The molecule has 0 saturated heterocycles. The van der Waals surface area contributed by atoms with Gasteiger partial charge >= 0.3 is 0 Å². The number of rotatable bonds is 4. The largest absolute Gasteiger partial charge is 0.497 e. The van der Waals surface area contributed by atoms with Crippen LogP contribution in [0.2, 0.25) is 0 Å². The van der Waals surface area contributed by atoms with Gasteiger partial charge in [0.05, 0.1) is 12.8 Å². The molecule has 4 heteroatoms. The van der Waals surface area contributed by atoms with Crippen LogP contribution in [0.15, 0.2) is 24.3 Å². The van der Waals surface area contributed by atoms with E-state index < -0.39 is 0 Å². The number of hydrogen-bond acceptors (Lipinski definition) is 3. The summed E-state index contributed by atoms with van der Waals surface area (Å²) < 4.78 is 7.57. The Hall–Kier alpha value is -1.81. The van der Waals surface area contributed by atoms with Crippen molar-refractivity contribution >= 4 is 0 Å². The fourth-order valence-electron chi connectivity index (χ4n) is 2.79. The number of aromatic nitrogens is 2. The molecule has 0 radical (unpaired) electrons. The van der Waals surface area contributed by atoms with E-state index in [-0.39, 0.29) is 0 Å². The van der Waals surface area contributed by atoms with Crippen LogP contribution in [0.3, 0.4) is 0 Å². The Kier molecular flexibility index (Phi) is 3.74.